The summed E-state index contributed by atoms with van der Waals surface area (Å²) in [5.74, 6) is 1.50. The third kappa shape index (κ3) is 5.55. The number of rotatable bonds is 6. The van der Waals surface area contributed by atoms with Gasteiger partial charge in [-0.05, 0) is 36.8 Å². The zero-order valence-electron chi connectivity index (χ0n) is 13.7. The predicted molar refractivity (Wildman–Crippen MR) is 94.2 cm³/mol. The number of thiophene rings is 1. The van der Waals surface area contributed by atoms with Crippen molar-refractivity contribution in [2.75, 3.05) is 13.1 Å². The van der Waals surface area contributed by atoms with Gasteiger partial charge in [0.05, 0.1) is 4.34 Å². The smallest absolute Gasteiger partial charge is 0.0931 e. The fourth-order valence-corrected chi connectivity index (χ4v) is 4.38. The summed E-state index contributed by atoms with van der Waals surface area (Å²) in [6.07, 6.45) is 2.52. The van der Waals surface area contributed by atoms with Crippen LogP contribution in [0.25, 0.3) is 0 Å². The maximum absolute atomic E-state index is 6.08. The van der Waals surface area contributed by atoms with Crippen LogP contribution in [0.15, 0.2) is 12.1 Å². The van der Waals surface area contributed by atoms with Gasteiger partial charge in [-0.3, -0.25) is 4.90 Å². The van der Waals surface area contributed by atoms with Crippen molar-refractivity contribution in [3.8, 4) is 0 Å². The summed E-state index contributed by atoms with van der Waals surface area (Å²) in [7, 11) is 0. The van der Waals surface area contributed by atoms with Crippen LogP contribution in [0, 0.1) is 11.8 Å². The van der Waals surface area contributed by atoms with Crippen LogP contribution in [0.5, 0.6) is 0 Å². The Hall–Kier alpha value is -0.0900. The number of hydrogen-bond acceptors (Lipinski definition) is 3. The number of piperazine rings is 1. The summed E-state index contributed by atoms with van der Waals surface area (Å²) in [4.78, 5) is 4.06. The molecule has 1 aromatic heterocycles. The predicted octanol–water partition coefficient (Wildman–Crippen LogP) is 4.64. The summed E-state index contributed by atoms with van der Waals surface area (Å²) in [6.45, 7) is 12.6. The molecular weight excluding hydrogens is 300 g/mol. The first-order valence-corrected chi connectivity index (χ1v) is 9.35. The molecular formula is C17H29ClN2S. The van der Waals surface area contributed by atoms with Crippen LogP contribution in [0.1, 0.15) is 45.4 Å². The van der Waals surface area contributed by atoms with Crippen molar-refractivity contribution in [2.24, 2.45) is 11.8 Å². The summed E-state index contributed by atoms with van der Waals surface area (Å²) >= 11 is 7.80. The standard InChI is InChI=1S/C17H29ClN2S/c1-12(2)7-14-10-20(11-16-5-6-17(18)21-16)15(9-19-14)8-13(3)4/h5-6,12-15,19H,7-11H2,1-4H3. The Morgan fingerprint density at radius 3 is 2.52 bits per heavy atom. The second-order valence-electron chi connectivity index (χ2n) is 7.15. The van der Waals surface area contributed by atoms with Gasteiger partial charge in [0, 0.05) is 36.6 Å². The molecule has 1 aromatic rings. The first-order valence-electron chi connectivity index (χ1n) is 8.15. The molecule has 0 aromatic carbocycles. The molecule has 1 fully saturated rings. The van der Waals surface area contributed by atoms with Gasteiger partial charge in [-0.25, -0.2) is 0 Å². The first kappa shape index (κ1) is 17.3. The zero-order valence-corrected chi connectivity index (χ0v) is 15.3. The molecule has 0 spiro atoms. The van der Waals surface area contributed by atoms with Crippen molar-refractivity contribution >= 4 is 22.9 Å². The van der Waals surface area contributed by atoms with Gasteiger partial charge in [0.1, 0.15) is 0 Å². The van der Waals surface area contributed by atoms with Gasteiger partial charge in [0.15, 0.2) is 0 Å². The largest absolute Gasteiger partial charge is 0.311 e. The summed E-state index contributed by atoms with van der Waals surface area (Å²) in [5.41, 5.74) is 0. The molecule has 2 rings (SSSR count). The van der Waals surface area contributed by atoms with Crippen molar-refractivity contribution in [1.82, 2.24) is 10.2 Å². The fraction of sp³-hybridized carbons (Fsp3) is 0.765. The van der Waals surface area contributed by atoms with Crippen LogP contribution in [-0.4, -0.2) is 30.1 Å². The minimum atomic E-state index is 0.629. The van der Waals surface area contributed by atoms with Gasteiger partial charge in [-0.15, -0.1) is 11.3 Å². The summed E-state index contributed by atoms with van der Waals surface area (Å²) in [6, 6.07) is 5.48. The highest BCUT2D eigenvalue weighted by Gasteiger charge is 2.28. The van der Waals surface area contributed by atoms with Crippen molar-refractivity contribution in [2.45, 2.75) is 59.2 Å². The highest BCUT2D eigenvalue weighted by atomic mass is 35.5. The lowest BCUT2D eigenvalue weighted by molar-refractivity contribution is 0.101. The van der Waals surface area contributed by atoms with E-state index in [-0.39, 0.29) is 0 Å². The molecule has 0 bridgehead atoms. The Kier molecular flexibility index (Phi) is 6.54. The number of halogens is 1. The Labute approximate surface area is 138 Å². The molecule has 0 amide bonds. The molecule has 0 radical (unpaired) electrons. The van der Waals surface area contributed by atoms with Crippen LogP contribution in [-0.2, 0) is 6.54 Å². The topological polar surface area (TPSA) is 15.3 Å². The van der Waals surface area contributed by atoms with Gasteiger partial charge < -0.3 is 5.32 Å². The van der Waals surface area contributed by atoms with Crippen LogP contribution in [0.4, 0.5) is 0 Å². The van der Waals surface area contributed by atoms with Crippen molar-refractivity contribution in [3.63, 3.8) is 0 Å². The summed E-state index contributed by atoms with van der Waals surface area (Å²) < 4.78 is 0.902. The Balaban J connectivity index is 2.01. The van der Waals surface area contributed by atoms with E-state index in [1.165, 1.54) is 17.7 Å². The van der Waals surface area contributed by atoms with Crippen molar-refractivity contribution in [1.29, 1.82) is 0 Å². The lowest BCUT2D eigenvalue weighted by Gasteiger charge is -2.41. The number of hydrogen-bond donors (Lipinski definition) is 1. The molecule has 2 nitrogen and oxygen atoms in total. The molecule has 1 saturated heterocycles. The van der Waals surface area contributed by atoms with Crippen LogP contribution >= 0.6 is 22.9 Å². The third-order valence-electron chi connectivity index (χ3n) is 4.10. The first-order chi connectivity index (χ1) is 9.94. The van der Waals surface area contributed by atoms with E-state index >= 15 is 0 Å². The summed E-state index contributed by atoms with van der Waals surface area (Å²) in [5, 5.41) is 3.76. The van der Waals surface area contributed by atoms with Crippen molar-refractivity contribution < 1.29 is 0 Å². The van der Waals surface area contributed by atoms with E-state index in [0.717, 1.165) is 35.8 Å². The third-order valence-corrected chi connectivity index (χ3v) is 5.32. The zero-order chi connectivity index (χ0) is 15.4. The molecule has 2 heterocycles. The van der Waals surface area contributed by atoms with Gasteiger partial charge in [-0.2, -0.15) is 0 Å². The van der Waals surface area contributed by atoms with E-state index < -0.39 is 0 Å². The normalized spacial score (nSPS) is 24.1. The van der Waals surface area contributed by atoms with E-state index in [9.17, 15) is 0 Å². The minimum Gasteiger partial charge on any atom is -0.311 e. The van der Waals surface area contributed by atoms with Crippen LogP contribution < -0.4 is 5.32 Å². The maximum atomic E-state index is 6.08. The highest BCUT2D eigenvalue weighted by molar-refractivity contribution is 7.16. The molecule has 1 N–H and O–H groups in total. The molecule has 4 heteroatoms. The quantitative estimate of drug-likeness (QED) is 0.818. The Morgan fingerprint density at radius 1 is 1.24 bits per heavy atom. The van der Waals surface area contributed by atoms with Gasteiger partial charge in [0.2, 0.25) is 0 Å². The molecule has 2 unspecified atom stereocenters. The van der Waals surface area contributed by atoms with E-state index in [0.29, 0.717) is 12.1 Å². The lowest BCUT2D eigenvalue weighted by atomic mass is 9.95. The van der Waals surface area contributed by atoms with E-state index in [1.807, 2.05) is 6.07 Å². The highest BCUT2D eigenvalue weighted by Crippen LogP contribution is 2.26. The number of nitrogens with zero attached hydrogens (tertiary/aromatic N) is 1. The second kappa shape index (κ2) is 7.96. The Bertz CT molecular complexity index is 430. The molecule has 0 saturated carbocycles. The monoisotopic (exact) mass is 328 g/mol. The molecule has 21 heavy (non-hydrogen) atoms. The average Bonchev–Trinajstić information content (AvgIpc) is 2.77. The van der Waals surface area contributed by atoms with Crippen LogP contribution in [0.2, 0.25) is 4.34 Å². The van der Waals surface area contributed by atoms with E-state index in [2.05, 4.69) is 44.0 Å². The Morgan fingerprint density at radius 2 is 1.95 bits per heavy atom. The molecule has 1 aliphatic heterocycles. The van der Waals surface area contributed by atoms with Gasteiger partial charge in [0.25, 0.3) is 0 Å². The molecule has 120 valence electrons. The number of nitrogens with one attached hydrogen (secondary N) is 1. The SMILES string of the molecule is CC(C)CC1CN(Cc2ccc(Cl)s2)C(CC(C)C)CN1. The maximum Gasteiger partial charge on any atom is 0.0931 e. The van der Waals surface area contributed by atoms with Crippen molar-refractivity contribution in [3.05, 3.63) is 21.3 Å². The molecule has 2 atom stereocenters. The average molecular weight is 329 g/mol. The van der Waals surface area contributed by atoms with Gasteiger partial charge in [-0.1, -0.05) is 39.3 Å². The van der Waals surface area contributed by atoms with E-state index in [4.69, 9.17) is 11.6 Å². The lowest BCUT2D eigenvalue weighted by Crippen LogP contribution is -2.56. The minimum absolute atomic E-state index is 0.629. The second-order valence-corrected chi connectivity index (χ2v) is 8.95. The molecule has 0 aliphatic carbocycles. The fourth-order valence-electron chi connectivity index (χ4n) is 3.26. The van der Waals surface area contributed by atoms with E-state index in [1.54, 1.807) is 11.3 Å². The van der Waals surface area contributed by atoms with Gasteiger partial charge >= 0.3 is 0 Å². The van der Waals surface area contributed by atoms with Crippen LogP contribution in [0.3, 0.4) is 0 Å². The molecule has 1 aliphatic rings.